The number of hydrogen-bond donors (Lipinski definition) is 0. The number of hydrogen-bond acceptors (Lipinski definition) is 3. The summed E-state index contributed by atoms with van der Waals surface area (Å²) in [6.45, 7) is 4.00. The van der Waals surface area contributed by atoms with Gasteiger partial charge in [-0.05, 0) is 49.1 Å². The summed E-state index contributed by atoms with van der Waals surface area (Å²) < 4.78 is 0. The van der Waals surface area contributed by atoms with Crippen LogP contribution in [0.5, 0.6) is 0 Å². The molecule has 2 aromatic rings. The van der Waals surface area contributed by atoms with Crippen molar-refractivity contribution in [1.29, 1.82) is 0 Å². The van der Waals surface area contributed by atoms with Crippen LogP contribution in [-0.4, -0.2) is 17.8 Å². The summed E-state index contributed by atoms with van der Waals surface area (Å²) in [6, 6.07) is 16.9. The minimum Gasteiger partial charge on any atom is -0.273 e. The molecule has 4 amide bonds. The highest BCUT2D eigenvalue weighted by Gasteiger charge is 2.48. The van der Waals surface area contributed by atoms with Gasteiger partial charge in [0.15, 0.2) is 0 Å². The molecule has 0 spiro atoms. The zero-order chi connectivity index (χ0) is 21.5. The van der Waals surface area contributed by atoms with Crippen molar-refractivity contribution >= 4 is 29.2 Å². The molecule has 0 saturated carbocycles. The van der Waals surface area contributed by atoms with Crippen molar-refractivity contribution in [2.75, 3.05) is 9.80 Å². The van der Waals surface area contributed by atoms with Crippen LogP contribution in [-0.2, 0) is 9.59 Å². The molecule has 5 heteroatoms. The maximum absolute atomic E-state index is 13.3. The van der Waals surface area contributed by atoms with Crippen LogP contribution in [0.1, 0.15) is 33.1 Å². The highest BCUT2D eigenvalue weighted by molar-refractivity contribution is 6.37. The number of urea groups is 1. The molecule has 1 fully saturated rings. The lowest BCUT2D eigenvalue weighted by Crippen LogP contribution is -2.60. The van der Waals surface area contributed by atoms with Gasteiger partial charge in [0.2, 0.25) is 0 Å². The number of amides is 4. The van der Waals surface area contributed by atoms with Gasteiger partial charge < -0.3 is 0 Å². The Balaban J connectivity index is 0.00000124. The second kappa shape index (κ2) is 9.83. The lowest BCUT2D eigenvalue weighted by atomic mass is 9.90. The van der Waals surface area contributed by atoms with Crippen LogP contribution < -0.4 is 9.80 Å². The number of benzene rings is 2. The molecule has 1 saturated heterocycles. The van der Waals surface area contributed by atoms with Crippen molar-refractivity contribution < 1.29 is 14.4 Å². The molecule has 1 heterocycles. The van der Waals surface area contributed by atoms with E-state index in [0.717, 1.165) is 28.2 Å². The topological polar surface area (TPSA) is 57.7 Å². The van der Waals surface area contributed by atoms with E-state index in [-0.39, 0.29) is 0 Å². The smallest absolute Gasteiger partial charge is 0.273 e. The highest BCUT2D eigenvalue weighted by Crippen LogP contribution is 2.33. The maximum atomic E-state index is 13.3. The number of carbonyl (C=O) groups excluding carboxylic acids is 3. The van der Waals surface area contributed by atoms with E-state index in [2.05, 4.69) is 0 Å². The summed E-state index contributed by atoms with van der Waals surface area (Å²) in [5, 5.41) is 0. The van der Waals surface area contributed by atoms with Crippen molar-refractivity contribution in [3.63, 3.8) is 0 Å². The average Bonchev–Trinajstić information content (AvgIpc) is 3.06. The Labute approximate surface area is 177 Å². The van der Waals surface area contributed by atoms with Crippen LogP contribution in [0, 0.1) is 5.92 Å². The molecule has 4 rings (SSSR count). The second-order valence-corrected chi connectivity index (χ2v) is 6.80. The van der Waals surface area contributed by atoms with Gasteiger partial charge >= 0.3 is 6.03 Å². The first-order valence-corrected chi connectivity index (χ1v) is 10.4. The predicted molar refractivity (Wildman–Crippen MR) is 119 cm³/mol. The van der Waals surface area contributed by atoms with Crippen LogP contribution in [0.2, 0.25) is 0 Å². The van der Waals surface area contributed by atoms with Gasteiger partial charge in [0.25, 0.3) is 11.8 Å². The van der Waals surface area contributed by atoms with Gasteiger partial charge in [0, 0.05) is 0 Å². The summed E-state index contributed by atoms with van der Waals surface area (Å²) in [6.07, 6.45) is 8.17. The molecule has 1 aliphatic carbocycles. The Morgan fingerprint density at radius 2 is 1.27 bits per heavy atom. The largest absolute Gasteiger partial charge is 0.342 e. The van der Waals surface area contributed by atoms with Crippen LogP contribution in [0.25, 0.3) is 0 Å². The Morgan fingerprint density at radius 1 is 0.767 bits per heavy atom. The molecule has 2 aromatic carbocycles. The first-order valence-electron chi connectivity index (χ1n) is 10.4. The van der Waals surface area contributed by atoms with Gasteiger partial charge in [-0.15, -0.1) is 0 Å². The molecular formula is C25H26N2O3. The lowest BCUT2D eigenvalue weighted by Gasteiger charge is -2.37. The Bertz CT molecular complexity index is 903. The summed E-state index contributed by atoms with van der Waals surface area (Å²) in [4.78, 5) is 42.1. The number of para-hydroxylation sites is 2. The van der Waals surface area contributed by atoms with E-state index in [0.29, 0.717) is 17.8 Å². The van der Waals surface area contributed by atoms with Gasteiger partial charge in [-0.3, -0.25) is 9.59 Å². The number of nitrogens with zero attached hydrogens (tertiary/aromatic N) is 2. The fourth-order valence-electron chi connectivity index (χ4n) is 3.63. The first kappa shape index (κ1) is 21.2. The first-order chi connectivity index (χ1) is 14.7. The quantitative estimate of drug-likeness (QED) is 0.638. The van der Waals surface area contributed by atoms with Crippen molar-refractivity contribution in [2.45, 2.75) is 33.1 Å². The predicted octanol–water partition coefficient (Wildman–Crippen LogP) is 5.50. The minimum atomic E-state index is -0.999. The fraction of sp³-hybridized carbons (Fsp3) is 0.240. The standard InChI is InChI=1S/C23H20N2O3.C2H6/c26-21-20(17-11-5-1-2-6-12-17)22(27)25(19-15-9-4-10-16-19)23(28)24(21)18-13-7-3-8-14-18;1-2/h1,3-5,7-11,13-16,20H,2,6,12H2;1-2H3. The van der Waals surface area contributed by atoms with Crippen LogP contribution in [0.4, 0.5) is 16.2 Å². The van der Waals surface area contributed by atoms with E-state index in [1.165, 1.54) is 0 Å². The third kappa shape index (κ3) is 4.10. The van der Waals surface area contributed by atoms with Crippen LogP contribution in [0.3, 0.4) is 0 Å². The van der Waals surface area contributed by atoms with Gasteiger partial charge in [-0.1, -0.05) is 68.5 Å². The van der Waals surface area contributed by atoms with Crippen LogP contribution in [0.15, 0.2) is 84.5 Å². The summed E-state index contributed by atoms with van der Waals surface area (Å²) in [5.74, 6) is -1.98. The van der Waals surface area contributed by atoms with Crippen LogP contribution >= 0.6 is 0 Å². The van der Waals surface area contributed by atoms with E-state index >= 15 is 0 Å². The Morgan fingerprint density at radius 3 is 1.77 bits per heavy atom. The number of barbiturate groups is 1. The third-order valence-electron chi connectivity index (χ3n) is 5.00. The molecule has 0 atom stereocenters. The molecular weight excluding hydrogens is 376 g/mol. The SMILES string of the molecule is CC.O=C1C(C2=CC=CCCC2)C(=O)N(c2ccccc2)C(=O)N1c1ccccc1. The number of anilines is 2. The van der Waals surface area contributed by atoms with Gasteiger partial charge in [-0.2, -0.15) is 0 Å². The van der Waals surface area contributed by atoms with E-state index in [1.54, 1.807) is 48.5 Å². The van der Waals surface area contributed by atoms with Crippen molar-refractivity contribution in [2.24, 2.45) is 5.92 Å². The molecule has 0 N–H and O–H groups in total. The van der Waals surface area contributed by atoms with E-state index in [1.807, 2.05) is 44.2 Å². The number of imide groups is 2. The maximum Gasteiger partial charge on any atom is 0.342 e. The third-order valence-corrected chi connectivity index (χ3v) is 5.00. The zero-order valence-electron chi connectivity index (χ0n) is 17.3. The van der Waals surface area contributed by atoms with Crippen molar-refractivity contribution in [1.82, 2.24) is 0 Å². The van der Waals surface area contributed by atoms with Gasteiger partial charge in [-0.25, -0.2) is 14.6 Å². The molecule has 30 heavy (non-hydrogen) atoms. The number of carbonyl (C=O) groups is 3. The summed E-state index contributed by atoms with van der Waals surface area (Å²) in [7, 11) is 0. The lowest BCUT2D eigenvalue weighted by molar-refractivity contribution is -0.131. The summed E-state index contributed by atoms with van der Waals surface area (Å²) >= 11 is 0. The normalized spacial score (nSPS) is 17.3. The Hall–Kier alpha value is -3.47. The van der Waals surface area contributed by atoms with E-state index in [9.17, 15) is 14.4 Å². The zero-order valence-corrected chi connectivity index (χ0v) is 17.3. The summed E-state index contributed by atoms with van der Waals surface area (Å²) in [5.41, 5.74) is 1.67. The average molecular weight is 402 g/mol. The number of allylic oxidation sites excluding steroid dienone is 3. The minimum absolute atomic E-state index is 0.459. The second-order valence-electron chi connectivity index (χ2n) is 6.80. The number of rotatable bonds is 3. The molecule has 154 valence electrons. The highest BCUT2D eigenvalue weighted by atomic mass is 16.2. The molecule has 1 aliphatic heterocycles. The van der Waals surface area contributed by atoms with E-state index < -0.39 is 23.8 Å². The molecule has 5 nitrogen and oxygen atoms in total. The Kier molecular flexibility index (Phi) is 6.96. The molecule has 0 unspecified atom stereocenters. The molecule has 0 bridgehead atoms. The van der Waals surface area contributed by atoms with Crippen molar-refractivity contribution in [3.8, 4) is 0 Å². The molecule has 2 aliphatic rings. The monoisotopic (exact) mass is 402 g/mol. The molecule has 0 aromatic heterocycles. The van der Waals surface area contributed by atoms with Crippen molar-refractivity contribution in [3.05, 3.63) is 84.5 Å². The van der Waals surface area contributed by atoms with E-state index in [4.69, 9.17) is 0 Å². The van der Waals surface area contributed by atoms with Gasteiger partial charge in [0.05, 0.1) is 11.4 Å². The van der Waals surface area contributed by atoms with Gasteiger partial charge in [0.1, 0.15) is 5.92 Å². The fourth-order valence-corrected chi connectivity index (χ4v) is 3.63. The molecule has 0 radical (unpaired) electrons.